The fraction of sp³-hybridized carbons (Fsp3) is 0.650. The Morgan fingerprint density at radius 1 is 1.30 bits per heavy atom. The van der Waals surface area contributed by atoms with E-state index in [1.165, 1.54) is 18.0 Å². The van der Waals surface area contributed by atoms with Crippen LogP contribution in [0.3, 0.4) is 0 Å². The molecule has 1 saturated carbocycles. The molecule has 6 nitrogen and oxygen atoms in total. The van der Waals surface area contributed by atoms with Crippen LogP contribution in [0.4, 0.5) is 0 Å². The van der Waals surface area contributed by atoms with Gasteiger partial charge in [-0.05, 0) is 45.7 Å². The highest BCUT2D eigenvalue weighted by Gasteiger charge is 2.43. The number of furan rings is 1. The van der Waals surface area contributed by atoms with E-state index in [1.54, 1.807) is 17.0 Å². The van der Waals surface area contributed by atoms with Gasteiger partial charge in [0.1, 0.15) is 5.76 Å². The maximum Gasteiger partial charge on any atom is 0.251 e. The summed E-state index contributed by atoms with van der Waals surface area (Å²) in [6, 6.07) is 2.67. The average molecular weight is 393 g/mol. The van der Waals surface area contributed by atoms with Crippen molar-refractivity contribution in [3.05, 3.63) is 24.2 Å². The van der Waals surface area contributed by atoms with Gasteiger partial charge in [0.05, 0.1) is 12.2 Å². The number of carbonyl (C=O) groups excluding carboxylic acids is 3. The zero-order chi connectivity index (χ0) is 19.6. The summed E-state index contributed by atoms with van der Waals surface area (Å²) in [7, 11) is 0. The van der Waals surface area contributed by atoms with E-state index in [1.807, 2.05) is 20.8 Å². The molecule has 3 rings (SSSR count). The van der Waals surface area contributed by atoms with E-state index in [4.69, 9.17) is 4.42 Å². The third kappa shape index (κ3) is 4.75. The second-order valence-corrected chi connectivity index (χ2v) is 9.50. The minimum atomic E-state index is -0.810. The molecule has 1 N–H and O–H groups in total. The normalized spacial score (nSPS) is 22.0. The Morgan fingerprint density at radius 2 is 2.00 bits per heavy atom. The SMILES string of the molecule is CC(C)(C)NC(=O)C(c1ccco1)N(C(=O)C1CSC(=O)C1)C1CCCC1. The van der Waals surface area contributed by atoms with Gasteiger partial charge in [0.15, 0.2) is 11.2 Å². The summed E-state index contributed by atoms with van der Waals surface area (Å²) in [4.78, 5) is 40.1. The van der Waals surface area contributed by atoms with Crippen LogP contribution >= 0.6 is 11.8 Å². The van der Waals surface area contributed by atoms with E-state index in [-0.39, 0.29) is 35.3 Å². The lowest BCUT2D eigenvalue weighted by Gasteiger charge is -2.37. The molecule has 1 saturated heterocycles. The largest absolute Gasteiger partial charge is 0.467 e. The summed E-state index contributed by atoms with van der Waals surface area (Å²) in [6.07, 6.45) is 5.60. The standard InChI is InChI=1S/C20H28N2O4S/c1-20(2,3)21-18(24)17(15-9-6-10-26-15)22(14-7-4-5-8-14)19(25)13-11-16(23)27-12-13/h6,9-10,13-14,17H,4-5,7-8,11-12H2,1-3H3,(H,21,24). The van der Waals surface area contributed by atoms with Crippen molar-refractivity contribution in [2.75, 3.05) is 5.75 Å². The lowest BCUT2D eigenvalue weighted by Crippen LogP contribution is -2.53. The predicted octanol–water partition coefficient (Wildman–Crippen LogP) is 3.29. The third-order valence-corrected chi connectivity index (χ3v) is 6.08. The first-order valence-corrected chi connectivity index (χ1v) is 10.6. The predicted molar refractivity (Wildman–Crippen MR) is 104 cm³/mol. The van der Waals surface area contributed by atoms with Gasteiger partial charge in [-0.25, -0.2) is 0 Å². The lowest BCUT2D eigenvalue weighted by atomic mass is 10.00. The van der Waals surface area contributed by atoms with Crippen LogP contribution in [0.1, 0.15) is 64.7 Å². The Kier molecular flexibility index (Phi) is 5.99. The Bertz CT molecular complexity index is 689. The minimum Gasteiger partial charge on any atom is -0.467 e. The first kappa shape index (κ1) is 20.0. The molecule has 0 aromatic carbocycles. The lowest BCUT2D eigenvalue weighted by molar-refractivity contribution is -0.148. The molecule has 2 aliphatic rings. The maximum atomic E-state index is 13.4. The van der Waals surface area contributed by atoms with Gasteiger partial charge in [0, 0.05) is 23.8 Å². The molecule has 0 bridgehead atoms. The fourth-order valence-electron chi connectivity index (χ4n) is 3.86. The molecule has 2 heterocycles. The molecule has 2 fully saturated rings. The topological polar surface area (TPSA) is 79.6 Å². The molecule has 2 unspecified atom stereocenters. The van der Waals surface area contributed by atoms with Crippen LogP contribution in [0.5, 0.6) is 0 Å². The van der Waals surface area contributed by atoms with E-state index in [0.29, 0.717) is 11.5 Å². The van der Waals surface area contributed by atoms with E-state index in [2.05, 4.69) is 5.32 Å². The number of hydrogen-bond donors (Lipinski definition) is 1. The van der Waals surface area contributed by atoms with Gasteiger partial charge in [0.25, 0.3) is 5.91 Å². The van der Waals surface area contributed by atoms with Gasteiger partial charge in [-0.3, -0.25) is 14.4 Å². The van der Waals surface area contributed by atoms with Gasteiger partial charge in [-0.1, -0.05) is 24.6 Å². The molecular formula is C20H28N2O4S. The highest BCUT2D eigenvalue weighted by molar-refractivity contribution is 8.14. The van der Waals surface area contributed by atoms with Crippen LogP contribution in [0.25, 0.3) is 0 Å². The van der Waals surface area contributed by atoms with Crippen molar-refractivity contribution in [1.29, 1.82) is 0 Å². The molecule has 2 atom stereocenters. The van der Waals surface area contributed by atoms with Crippen molar-refractivity contribution in [3.8, 4) is 0 Å². The number of amides is 2. The van der Waals surface area contributed by atoms with Crippen molar-refractivity contribution >= 4 is 28.7 Å². The van der Waals surface area contributed by atoms with Gasteiger partial charge >= 0.3 is 0 Å². The van der Waals surface area contributed by atoms with Crippen LogP contribution in [-0.4, -0.2) is 39.2 Å². The number of hydrogen-bond acceptors (Lipinski definition) is 5. The Morgan fingerprint density at radius 3 is 2.52 bits per heavy atom. The molecular weight excluding hydrogens is 364 g/mol. The average Bonchev–Trinajstić information content (AvgIpc) is 3.32. The summed E-state index contributed by atoms with van der Waals surface area (Å²) in [6.45, 7) is 5.74. The summed E-state index contributed by atoms with van der Waals surface area (Å²) in [5.41, 5.74) is -0.425. The van der Waals surface area contributed by atoms with Crippen LogP contribution in [-0.2, 0) is 14.4 Å². The van der Waals surface area contributed by atoms with E-state index in [0.717, 1.165) is 25.7 Å². The van der Waals surface area contributed by atoms with Crippen LogP contribution in [0.2, 0.25) is 0 Å². The quantitative estimate of drug-likeness (QED) is 0.832. The zero-order valence-corrected chi connectivity index (χ0v) is 17.0. The van der Waals surface area contributed by atoms with E-state index >= 15 is 0 Å². The number of nitrogens with zero attached hydrogens (tertiary/aromatic N) is 1. The molecule has 1 aliphatic carbocycles. The zero-order valence-electron chi connectivity index (χ0n) is 16.2. The molecule has 1 aromatic rings. The number of nitrogens with one attached hydrogen (secondary N) is 1. The van der Waals surface area contributed by atoms with Gasteiger partial charge in [0.2, 0.25) is 5.91 Å². The molecule has 0 spiro atoms. The van der Waals surface area contributed by atoms with Crippen LogP contribution < -0.4 is 5.32 Å². The fourth-order valence-corrected chi connectivity index (χ4v) is 4.83. The monoisotopic (exact) mass is 392 g/mol. The summed E-state index contributed by atoms with van der Waals surface area (Å²) in [5.74, 6) is 0.254. The summed E-state index contributed by atoms with van der Waals surface area (Å²) < 4.78 is 5.58. The second-order valence-electron chi connectivity index (χ2n) is 8.43. The molecule has 2 amide bonds. The number of rotatable bonds is 5. The molecule has 148 valence electrons. The Labute approximate surface area is 164 Å². The Balaban J connectivity index is 1.95. The molecule has 0 radical (unpaired) electrons. The van der Waals surface area contributed by atoms with Crippen molar-refractivity contribution in [2.24, 2.45) is 5.92 Å². The van der Waals surface area contributed by atoms with Gasteiger partial charge in [-0.15, -0.1) is 0 Å². The minimum absolute atomic E-state index is 0.000907. The van der Waals surface area contributed by atoms with Crippen molar-refractivity contribution < 1.29 is 18.8 Å². The van der Waals surface area contributed by atoms with Gasteiger partial charge in [-0.2, -0.15) is 0 Å². The van der Waals surface area contributed by atoms with Crippen molar-refractivity contribution in [3.63, 3.8) is 0 Å². The second kappa shape index (κ2) is 8.09. The summed E-state index contributed by atoms with van der Waals surface area (Å²) >= 11 is 1.21. The van der Waals surface area contributed by atoms with Crippen molar-refractivity contribution in [2.45, 2.75) is 70.5 Å². The number of thioether (sulfide) groups is 1. The first-order chi connectivity index (χ1) is 12.8. The van der Waals surface area contributed by atoms with E-state index in [9.17, 15) is 14.4 Å². The van der Waals surface area contributed by atoms with E-state index < -0.39 is 11.6 Å². The van der Waals surface area contributed by atoms with Crippen LogP contribution in [0, 0.1) is 5.92 Å². The number of carbonyl (C=O) groups is 3. The van der Waals surface area contributed by atoms with Crippen LogP contribution in [0.15, 0.2) is 22.8 Å². The molecule has 27 heavy (non-hydrogen) atoms. The highest BCUT2D eigenvalue weighted by atomic mass is 32.2. The smallest absolute Gasteiger partial charge is 0.251 e. The van der Waals surface area contributed by atoms with Crippen molar-refractivity contribution in [1.82, 2.24) is 10.2 Å². The molecule has 1 aliphatic heterocycles. The Hall–Kier alpha value is -1.76. The first-order valence-electron chi connectivity index (χ1n) is 9.59. The summed E-state index contributed by atoms with van der Waals surface area (Å²) in [5, 5.41) is 3.05. The highest BCUT2D eigenvalue weighted by Crippen LogP contribution is 2.36. The molecule has 1 aromatic heterocycles. The maximum absolute atomic E-state index is 13.4. The van der Waals surface area contributed by atoms with Gasteiger partial charge < -0.3 is 14.6 Å². The third-order valence-electron chi connectivity index (χ3n) is 5.02. The molecule has 7 heteroatoms.